The summed E-state index contributed by atoms with van der Waals surface area (Å²) in [5.74, 6) is 0. The van der Waals surface area contributed by atoms with E-state index < -0.39 is 9.84 Å². The summed E-state index contributed by atoms with van der Waals surface area (Å²) in [7, 11) is -3.15. The Bertz CT molecular complexity index is 493. The van der Waals surface area contributed by atoms with Gasteiger partial charge in [-0.25, -0.2) is 8.42 Å². The van der Waals surface area contributed by atoms with Gasteiger partial charge in [-0.3, -0.25) is 0 Å². The lowest BCUT2D eigenvalue weighted by molar-refractivity contribution is 0.282. The molecular formula is C10H11NO3S. The van der Waals surface area contributed by atoms with Crippen LogP contribution in [0.5, 0.6) is 0 Å². The van der Waals surface area contributed by atoms with E-state index in [0.717, 1.165) is 5.69 Å². The zero-order valence-electron chi connectivity index (χ0n) is 8.25. The lowest BCUT2D eigenvalue weighted by atomic mass is 10.3. The molecule has 0 atom stereocenters. The first kappa shape index (κ1) is 10.0. The molecule has 0 amide bonds. The average molecular weight is 225 g/mol. The fourth-order valence-electron chi connectivity index (χ4n) is 1.34. The van der Waals surface area contributed by atoms with Crippen LogP contribution in [-0.4, -0.2) is 21.4 Å². The topological polar surface area (TPSA) is 46.6 Å². The Morgan fingerprint density at radius 2 is 2.20 bits per heavy atom. The predicted octanol–water partition coefficient (Wildman–Crippen LogP) is 1.36. The molecule has 0 bridgehead atoms. The average Bonchev–Trinajstić information content (AvgIpc) is 2.69. The summed E-state index contributed by atoms with van der Waals surface area (Å²) in [5, 5.41) is 0. The van der Waals surface area contributed by atoms with Gasteiger partial charge in [-0.15, -0.1) is 0 Å². The molecule has 1 aliphatic rings. The van der Waals surface area contributed by atoms with Gasteiger partial charge in [0.05, 0.1) is 4.90 Å². The molecule has 0 N–H and O–H groups in total. The van der Waals surface area contributed by atoms with Crippen LogP contribution in [0.25, 0.3) is 0 Å². The molecule has 0 spiro atoms. The minimum atomic E-state index is -3.15. The Labute approximate surface area is 88.7 Å². The standard InChI is InChI=1S/C10H11NO3S/c1-15(12,13)10-4-2-3-9(7-10)11-5-6-14-8-11/h2-7H,8H2,1H3. The van der Waals surface area contributed by atoms with Gasteiger partial charge >= 0.3 is 0 Å². The molecular weight excluding hydrogens is 214 g/mol. The zero-order chi connectivity index (χ0) is 10.9. The van der Waals surface area contributed by atoms with E-state index in [1.165, 1.54) is 6.26 Å². The Balaban J connectivity index is 2.38. The van der Waals surface area contributed by atoms with Crippen molar-refractivity contribution in [1.82, 2.24) is 0 Å². The van der Waals surface area contributed by atoms with Crippen LogP contribution in [0.1, 0.15) is 0 Å². The van der Waals surface area contributed by atoms with Crippen LogP contribution in [0.15, 0.2) is 41.6 Å². The summed E-state index contributed by atoms with van der Waals surface area (Å²) >= 11 is 0. The molecule has 1 heterocycles. The second-order valence-corrected chi connectivity index (χ2v) is 5.34. The second kappa shape index (κ2) is 3.58. The number of nitrogens with zero attached hydrogens (tertiary/aromatic N) is 1. The predicted molar refractivity (Wildman–Crippen MR) is 57.1 cm³/mol. The van der Waals surface area contributed by atoms with Crippen molar-refractivity contribution in [3.63, 3.8) is 0 Å². The van der Waals surface area contributed by atoms with E-state index in [0.29, 0.717) is 11.6 Å². The summed E-state index contributed by atoms with van der Waals surface area (Å²) in [5.41, 5.74) is 0.812. The van der Waals surface area contributed by atoms with Gasteiger partial charge in [0, 0.05) is 18.1 Å². The van der Waals surface area contributed by atoms with Crippen molar-refractivity contribution in [3.05, 3.63) is 36.7 Å². The van der Waals surface area contributed by atoms with Crippen LogP contribution in [0.4, 0.5) is 5.69 Å². The molecule has 80 valence electrons. The third-order valence-corrected chi connectivity index (χ3v) is 3.24. The molecule has 0 radical (unpaired) electrons. The number of hydrogen-bond donors (Lipinski definition) is 0. The van der Waals surface area contributed by atoms with Gasteiger partial charge in [0.15, 0.2) is 16.6 Å². The summed E-state index contributed by atoms with van der Waals surface area (Å²) < 4.78 is 27.7. The first-order chi connectivity index (χ1) is 7.07. The minimum Gasteiger partial charge on any atom is -0.479 e. The van der Waals surface area contributed by atoms with Crippen LogP contribution in [0.3, 0.4) is 0 Å². The van der Waals surface area contributed by atoms with Crippen molar-refractivity contribution in [2.45, 2.75) is 4.90 Å². The maximum Gasteiger partial charge on any atom is 0.175 e. The highest BCUT2D eigenvalue weighted by atomic mass is 32.2. The van der Waals surface area contributed by atoms with Crippen molar-refractivity contribution in [2.24, 2.45) is 0 Å². The van der Waals surface area contributed by atoms with Crippen molar-refractivity contribution < 1.29 is 13.2 Å². The van der Waals surface area contributed by atoms with Gasteiger partial charge in [-0.2, -0.15) is 0 Å². The van der Waals surface area contributed by atoms with Crippen LogP contribution in [0, 0.1) is 0 Å². The highest BCUT2D eigenvalue weighted by molar-refractivity contribution is 7.90. The first-order valence-corrected chi connectivity index (χ1v) is 6.31. The molecule has 0 fully saturated rings. The smallest absolute Gasteiger partial charge is 0.175 e. The molecule has 0 aliphatic carbocycles. The van der Waals surface area contributed by atoms with Crippen molar-refractivity contribution >= 4 is 15.5 Å². The molecule has 1 aliphatic heterocycles. The molecule has 0 saturated heterocycles. The molecule has 15 heavy (non-hydrogen) atoms. The Kier molecular flexibility index (Phi) is 2.40. The summed E-state index contributed by atoms with van der Waals surface area (Å²) in [6.45, 7) is 0.424. The fraction of sp³-hybridized carbons (Fsp3) is 0.200. The molecule has 1 aromatic rings. The number of rotatable bonds is 2. The minimum absolute atomic E-state index is 0.320. The van der Waals surface area contributed by atoms with Crippen LogP contribution in [-0.2, 0) is 14.6 Å². The number of hydrogen-bond acceptors (Lipinski definition) is 4. The van der Waals surface area contributed by atoms with Crippen molar-refractivity contribution in [3.8, 4) is 0 Å². The molecule has 2 rings (SSSR count). The van der Waals surface area contributed by atoms with Gasteiger partial charge in [0.2, 0.25) is 0 Å². The molecule has 0 aromatic heterocycles. The Morgan fingerprint density at radius 1 is 1.40 bits per heavy atom. The largest absolute Gasteiger partial charge is 0.479 e. The SMILES string of the molecule is CS(=O)(=O)c1cccc(N2C=COC2)c1. The Morgan fingerprint density at radius 3 is 2.80 bits per heavy atom. The van der Waals surface area contributed by atoms with Gasteiger partial charge < -0.3 is 9.64 Å². The van der Waals surface area contributed by atoms with Crippen LogP contribution in [0.2, 0.25) is 0 Å². The fourth-order valence-corrected chi connectivity index (χ4v) is 2.00. The van der Waals surface area contributed by atoms with E-state index in [-0.39, 0.29) is 0 Å². The zero-order valence-corrected chi connectivity index (χ0v) is 9.07. The maximum absolute atomic E-state index is 11.3. The van der Waals surface area contributed by atoms with Crippen molar-refractivity contribution in [1.29, 1.82) is 0 Å². The van der Waals surface area contributed by atoms with Gasteiger partial charge in [0.25, 0.3) is 0 Å². The lowest BCUT2D eigenvalue weighted by Gasteiger charge is -2.14. The number of ether oxygens (including phenoxy) is 1. The van der Waals surface area contributed by atoms with Crippen LogP contribution >= 0.6 is 0 Å². The molecule has 1 aromatic carbocycles. The van der Waals surface area contributed by atoms with Crippen molar-refractivity contribution in [2.75, 3.05) is 17.9 Å². The molecule has 5 heteroatoms. The summed E-state index contributed by atoms with van der Waals surface area (Å²) in [4.78, 5) is 2.15. The number of anilines is 1. The lowest BCUT2D eigenvalue weighted by Crippen LogP contribution is -2.13. The first-order valence-electron chi connectivity index (χ1n) is 4.42. The second-order valence-electron chi connectivity index (χ2n) is 3.32. The third-order valence-electron chi connectivity index (χ3n) is 2.13. The summed E-state index contributed by atoms with van der Waals surface area (Å²) in [6.07, 6.45) is 4.54. The molecule has 0 unspecified atom stereocenters. The van der Waals surface area contributed by atoms with E-state index in [9.17, 15) is 8.42 Å². The quantitative estimate of drug-likeness (QED) is 0.762. The van der Waals surface area contributed by atoms with Gasteiger partial charge in [-0.05, 0) is 18.2 Å². The Hall–Kier alpha value is -1.49. The van der Waals surface area contributed by atoms with E-state index in [4.69, 9.17) is 4.74 Å². The van der Waals surface area contributed by atoms with Crippen LogP contribution < -0.4 is 4.90 Å². The van der Waals surface area contributed by atoms with Gasteiger partial charge in [-0.1, -0.05) is 6.07 Å². The van der Waals surface area contributed by atoms with E-state index >= 15 is 0 Å². The third kappa shape index (κ3) is 2.12. The maximum atomic E-state index is 11.3. The number of sulfone groups is 1. The monoisotopic (exact) mass is 225 g/mol. The summed E-state index contributed by atoms with van der Waals surface area (Å²) in [6, 6.07) is 6.78. The van der Waals surface area contributed by atoms with E-state index in [2.05, 4.69) is 0 Å². The normalized spacial score (nSPS) is 15.4. The number of benzene rings is 1. The molecule has 0 saturated carbocycles. The highest BCUT2D eigenvalue weighted by Gasteiger charge is 2.11. The highest BCUT2D eigenvalue weighted by Crippen LogP contribution is 2.21. The van der Waals surface area contributed by atoms with E-state index in [1.54, 1.807) is 30.7 Å². The van der Waals surface area contributed by atoms with E-state index in [1.807, 2.05) is 11.0 Å². The molecule has 4 nitrogen and oxygen atoms in total. The van der Waals surface area contributed by atoms with Gasteiger partial charge in [0.1, 0.15) is 6.26 Å².